The summed E-state index contributed by atoms with van der Waals surface area (Å²) in [5, 5.41) is 2.63. The molecule has 0 atom stereocenters. The predicted octanol–water partition coefficient (Wildman–Crippen LogP) is 3.91. The first-order chi connectivity index (χ1) is 13.8. The normalized spacial score (nSPS) is 11.3. The lowest BCUT2D eigenvalue weighted by molar-refractivity contribution is 0.0600. The Morgan fingerprint density at radius 3 is 2.34 bits per heavy atom. The Balaban J connectivity index is 1.90. The molecule has 1 heterocycles. The lowest BCUT2D eigenvalue weighted by Gasteiger charge is -2.24. The Morgan fingerprint density at radius 2 is 1.79 bits per heavy atom. The van der Waals surface area contributed by atoms with E-state index in [-0.39, 0.29) is 12.3 Å². The van der Waals surface area contributed by atoms with Crippen molar-refractivity contribution in [3.8, 4) is 0 Å². The highest BCUT2D eigenvalue weighted by molar-refractivity contribution is 7.92. The van der Waals surface area contributed by atoms with Crippen LogP contribution in [0.2, 0.25) is 0 Å². The summed E-state index contributed by atoms with van der Waals surface area (Å²) in [6, 6.07) is 11.5. The van der Waals surface area contributed by atoms with Crippen LogP contribution in [0.3, 0.4) is 0 Å². The van der Waals surface area contributed by atoms with Crippen molar-refractivity contribution in [2.75, 3.05) is 11.4 Å². The summed E-state index contributed by atoms with van der Waals surface area (Å²) in [7, 11) is -2.53. The fourth-order valence-corrected chi connectivity index (χ4v) is 4.87. The van der Waals surface area contributed by atoms with E-state index in [1.165, 1.54) is 59.2 Å². The number of halogens is 1. The SMILES string of the molecule is COC(=O)c1ccc(CS(=O)(=O)N(Cc2csc(C)n2)c2ccc(F)cc2)cc1. The minimum Gasteiger partial charge on any atom is -0.465 e. The van der Waals surface area contributed by atoms with Gasteiger partial charge in [0.1, 0.15) is 5.82 Å². The Hall–Kier alpha value is -2.78. The molecule has 0 spiro atoms. The Morgan fingerprint density at radius 1 is 1.14 bits per heavy atom. The summed E-state index contributed by atoms with van der Waals surface area (Å²) in [4.78, 5) is 15.9. The van der Waals surface area contributed by atoms with Crippen molar-refractivity contribution in [1.29, 1.82) is 0 Å². The van der Waals surface area contributed by atoms with Gasteiger partial charge in [-0.2, -0.15) is 0 Å². The highest BCUT2D eigenvalue weighted by atomic mass is 32.2. The molecule has 2 aromatic carbocycles. The van der Waals surface area contributed by atoms with Crippen LogP contribution in [0.1, 0.15) is 26.6 Å². The van der Waals surface area contributed by atoms with Crippen LogP contribution in [0.5, 0.6) is 0 Å². The molecule has 3 rings (SSSR count). The van der Waals surface area contributed by atoms with Gasteiger partial charge in [0.25, 0.3) is 0 Å². The smallest absolute Gasteiger partial charge is 0.337 e. The molecule has 0 saturated carbocycles. The van der Waals surface area contributed by atoms with Crippen molar-refractivity contribution in [2.45, 2.75) is 19.2 Å². The average Bonchev–Trinajstić information content (AvgIpc) is 3.11. The molecule has 9 heteroatoms. The number of ether oxygens (including phenoxy) is 1. The second-order valence-electron chi connectivity index (χ2n) is 6.29. The summed E-state index contributed by atoms with van der Waals surface area (Å²) in [6.45, 7) is 1.88. The number of aryl methyl sites for hydroxylation is 1. The molecule has 0 amide bonds. The third kappa shape index (κ3) is 5.18. The molecule has 1 aromatic heterocycles. The second-order valence-corrected chi connectivity index (χ2v) is 9.24. The quantitative estimate of drug-likeness (QED) is 0.527. The van der Waals surface area contributed by atoms with Gasteiger partial charge in [-0.15, -0.1) is 11.3 Å². The van der Waals surface area contributed by atoms with Crippen molar-refractivity contribution in [1.82, 2.24) is 4.98 Å². The standard InChI is InChI=1S/C20H19FN2O4S2/c1-14-22-18(12-28-14)11-23(19-9-7-17(21)8-10-19)29(25,26)13-15-3-5-16(6-4-15)20(24)27-2/h3-10,12H,11,13H2,1-2H3. The molecule has 0 unspecified atom stereocenters. The summed E-state index contributed by atoms with van der Waals surface area (Å²) in [5.41, 5.74) is 1.81. The van der Waals surface area contributed by atoms with Gasteiger partial charge >= 0.3 is 5.97 Å². The maximum Gasteiger partial charge on any atom is 0.337 e. The van der Waals surface area contributed by atoms with Gasteiger partial charge in [-0.3, -0.25) is 4.31 Å². The molecule has 6 nitrogen and oxygen atoms in total. The van der Waals surface area contributed by atoms with E-state index < -0.39 is 21.8 Å². The van der Waals surface area contributed by atoms with E-state index in [2.05, 4.69) is 9.72 Å². The van der Waals surface area contributed by atoms with Crippen molar-refractivity contribution < 1.29 is 22.3 Å². The van der Waals surface area contributed by atoms with Gasteiger partial charge in [0, 0.05) is 5.38 Å². The number of sulfonamides is 1. The monoisotopic (exact) mass is 434 g/mol. The van der Waals surface area contributed by atoms with Crippen LogP contribution in [0, 0.1) is 12.7 Å². The Kier molecular flexibility index (Phi) is 6.29. The van der Waals surface area contributed by atoms with Gasteiger partial charge in [0.2, 0.25) is 10.0 Å². The van der Waals surface area contributed by atoms with Crippen LogP contribution in [-0.2, 0) is 27.1 Å². The van der Waals surface area contributed by atoms with E-state index in [9.17, 15) is 17.6 Å². The topological polar surface area (TPSA) is 76.6 Å². The molecule has 152 valence electrons. The molecular weight excluding hydrogens is 415 g/mol. The van der Waals surface area contributed by atoms with E-state index in [0.29, 0.717) is 22.5 Å². The van der Waals surface area contributed by atoms with Gasteiger partial charge in [-0.05, 0) is 48.9 Å². The lowest BCUT2D eigenvalue weighted by Crippen LogP contribution is -2.31. The number of benzene rings is 2. The van der Waals surface area contributed by atoms with Crippen molar-refractivity contribution in [3.05, 3.63) is 81.6 Å². The first-order valence-corrected chi connectivity index (χ1v) is 11.1. The molecular formula is C20H19FN2O4S2. The van der Waals surface area contributed by atoms with Gasteiger partial charge in [-0.25, -0.2) is 22.6 Å². The first kappa shape index (κ1) is 20.9. The number of hydrogen-bond donors (Lipinski definition) is 0. The maximum absolute atomic E-state index is 13.3. The third-order valence-corrected chi connectivity index (χ3v) is 6.68. The zero-order valence-electron chi connectivity index (χ0n) is 15.8. The summed E-state index contributed by atoms with van der Waals surface area (Å²) in [5.74, 6) is -1.23. The van der Waals surface area contributed by atoms with Gasteiger partial charge in [0.15, 0.2) is 0 Å². The average molecular weight is 435 g/mol. The molecule has 0 bridgehead atoms. The molecule has 0 radical (unpaired) electrons. The largest absolute Gasteiger partial charge is 0.465 e. The van der Waals surface area contributed by atoms with Crippen molar-refractivity contribution in [3.63, 3.8) is 0 Å². The number of carbonyl (C=O) groups excluding carboxylic acids is 1. The van der Waals surface area contributed by atoms with Crippen LogP contribution in [0.25, 0.3) is 0 Å². The predicted molar refractivity (Wildman–Crippen MR) is 110 cm³/mol. The zero-order valence-corrected chi connectivity index (χ0v) is 17.5. The molecule has 0 fully saturated rings. The van der Waals surface area contributed by atoms with Crippen molar-refractivity contribution in [2.24, 2.45) is 0 Å². The number of anilines is 1. The fraction of sp³-hybridized carbons (Fsp3) is 0.200. The van der Waals surface area contributed by atoms with E-state index in [4.69, 9.17) is 0 Å². The second kappa shape index (κ2) is 8.71. The number of rotatable bonds is 7. The van der Waals surface area contributed by atoms with Crippen molar-refractivity contribution >= 4 is 33.0 Å². The van der Waals surface area contributed by atoms with E-state index in [0.717, 1.165) is 5.01 Å². The number of thiazole rings is 1. The minimum atomic E-state index is -3.81. The number of hydrogen-bond acceptors (Lipinski definition) is 6. The van der Waals surface area contributed by atoms with E-state index in [1.807, 2.05) is 6.92 Å². The highest BCUT2D eigenvalue weighted by Crippen LogP contribution is 2.24. The van der Waals surface area contributed by atoms with Gasteiger partial charge in [0.05, 0.1) is 41.4 Å². The number of aromatic nitrogens is 1. The summed E-state index contributed by atoms with van der Waals surface area (Å²) in [6.07, 6.45) is 0. The fourth-order valence-electron chi connectivity index (χ4n) is 2.73. The van der Waals surface area contributed by atoms with Crippen LogP contribution in [0.15, 0.2) is 53.9 Å². The molecule has 0 saturated heterocycles. The zero-order chi connectivity index (χ0) is 21.0. The minimum absolute atomic E-state index is 0.0402. The lowest BCUT2D eigenvalue weighted by atomic mass is 10.1. The maximum atomic E-state index is 13.3. The third-order valence-electron chi connectivity index (χ3n) is 4.15. The number of methoxy groups -OCH3 is 1. The van der Waals surface area contributed by atoms with Crippen LogP contribution in [0.4, 0.5) is 10.1 Å². The van der Waals surface area contributed by atoms with Gasteiger partial charge in [-0.1, -0.05) is 12.1 Å². The molecule has 0 aliphatic carbocycles. The van der Waals surface area contributed by atoms with Crippen LogP contribution in [-0.4, -0.2) is 26.5 Å². The van der Waals surface area contributed by atoms with E-state index >= 15 is 0 Å². The number of nitrogens with zero attached hydrogens (tertiary/aromatic N) is 2. The molecule has 3 aromatic rings. The molecule has 0 N–H and O–H groups in total. The molecule has 29 heavy (non-hydrogen) atoms. The summed E-state index contributed by atoms with van der Waals surface area (Å²) >= 11 is 1.43. The number of esters is 1. The van der Waals surface area contributed by atoms with Gasteiger partial charge < -0.3 is 4.74 Å². The van der Waals surface area contributed by atoms with Crippen LogP contribution >= 0.6 is 11.3 Å². The Labute approximate surface area is 172 Å². The number of carbonyl (C=O) groups is 1. The van der Waals surface area contributed by atoms with Crippen LogP contribution < -0.4 is 4.31 Å². The molecule has 0 aliphatic heterocycles. The first-order valence-electron chi connectivity index (χ1n) is 8.63. The molecule has 0 aliphatic rings. The van der Waals surface area contributed by atoms with E-state index in [1.54, 1.807) is 17.5 Å². The highest BCUT2D eigenvalue weighted by Gasteiger charge is 2.24. The Bertz CT molecular complexity index is 1090. The summed E-state index contributed by atoms with van der Waals surface area (Å²) < 4.78 is 45.6.